The van der Waals surface area contributed by atoms with Crippen LogP contribution in [0.4, 0.5) is 5.82 Å². The van der Waals surface area contributed by atoms with Crippen LogP contribution in [0.1, 0.15) is 34.6 Å². The summed E-state index contributed by atoms with van der Waals surface area (Å²) >= 11 is 0. The van der Waals surface area contributed by atoms with E-state index in [1.807, 2.05) is 49.4 Å². The van der Waals surface area contributed by atoms with Crippen molar-refractivity contribution in [2.75, 3.05) is 5.32 Å². The molecular formula is C19H19N5O. The van der Waals surface area contributed by atoms with Crippen molar-refractivity contribution in [3.8, 4) is 0 Å². The fourth-order valence-corrected chi connectivity index (χ4v) is 2.35. The molecule has 1 unspecified atom stereocenters. The highest BCUT2D eigenvalue weighted by molar-refractivity contribution is 5.92. The van der Waals surface area contributed by atoms with Gasteiger partial charge in [0.1, 0.15) is 5.82 Å². The average molecular weight is 333 g/mol. The molecule has 6 nitrogen and oxygen atoms in total. The molecule has 0 bridgehead atoms. The summed E-state index contributed by atoms with van der Waals surface area (Å²) < 4.78 is 0. The van der Waals surface area contributed by atoms with E-state index in [1.165, 1.54) is 0 Å². The summed E-state index contributed by atoms with van der Waals surface area (Å²) in [6.45, 7) is 2.45. The fraction of sp³-hybridized carbons (Fsp3) is 0.158. The van der Waals surface area contributed by atoms with Gasteiger partial charge in [-0.2, -0.15) is 0 Å². The number of amides is 1. The predicted octanol–water partition coefficient (Wildman–Crippen LogP) is 2.97. The Hall–Kier alpha value is -3.28. The maximum absolute atomic E-state index is 12.1. The molecule has 1 atom stereocenters. The monoisotopic (exact) mass is 333 g/mol. The topological polar surface area (TPSA) is 79.8 Å². The van der Waals surface area contributed by atoms with Gasteiger partial charge in [0.05, 0.1) is 0 Å². The van der Waals surface area contributed by atoms with Gasteiger partial charge in [-0.1, -0.05) is 36.4 Å². The minimum Gasteiger partial charge on any atom is -0.362 e. The number of benzene rings is 1. The zero-order valence-electron chi connectivity index (χ0n) is 13.9. The summed E-state index contributed by atoms with van der Waals surface area (Å²) in [5.74, 6) is 0.360. The molecule has 6 heteroatoms. The first-order valence-electron chi connectivity index (χ1n) is 8.04. The van der Waals surface area contributed by atoms with Gasteiger partial charge in [0.2, 0.25) is 0 Å². The summed E-state index contributed by atoms with van der Waals surface area (Å²) in [5.41, 5.74) is 2.36. The van der Waals surface area contributed by atoms with Gasteiger partial charge < -0.3 is 10.6 Å². The van der Waals surface area contributed by atoms with Gasteiger partial charge in [-0.05, 0) is 36.2 Å². The number of nitrogens with one attached hydrogen (secondary N) is 2. The van der Waals surface area contributed by atoms with E-state index >= 15 is 0 Å². The van der Waals surface area contributed by atoms with Crippen molar-refractivity contribution < 1.29 is 4.79 Å². The first-order chi connectivity index (χ1) is 12.2. The van der Waals surface area contributed by atoms with Crippen LogP contribution in [0.3, 0.4) is 0 Å². The Bertz CT molecular complexity index is 806. The van der Waals surface area contributed by atoms with E-state index < -0.39 is 0 Å². The number of anilines is 1. The zero-order valence-corrected chi connectivity index (χ0v) is 13.9. The largest absolute Gasteiger partial charge is 0.362 e. The quantitative estimate of drug-likeness (QED) is 0.725. The van der Waals surface area contributed by atoms with E-state index in [0.29, 0.717) is 12.4 Å². The number of hydrogen-bond acceptors (Lipinski definition) is 5. The number of nitrogens with zero attached hydrogens (tertiary/aromatic N) is 3. The lowest BCUT2D eigenvalue weighted by atomic mass is 10.1. The zero-order chi connectivity index (χ0) is 17.5. The van der Waals surface area contributed by atoms with Crippen LogP contribution in [0, 0.1) is 0 Å². The van der Waals surface area contributed by atoms with Crippen molar-refractivity contribution in [2.45, 2.75) is 19.5 Å². The molecular weight excluding hydrogens is 314 g/mol. The van der Waals surface area contributed by atoms with E-state index in [4.69, 9.17) is 0 Å². The van der Waals surface area contributed by atoms with Gasteiger partial charge in [-0.3, -0.25) is 9.78 Å². The van der Waals surface area contributed by atoms with Crippen molar-refractivity contribution >= 4 is 11.7 Å². The summed E-state index contributed by atoms with van der Waals surface area (Å²) in [6, 6.07) is 17.3. The van der Waals surface area contributed by atoms with E-state index in [2.05, 4.69) is 25.8 Å². The summed E-state index contributed by atoms with van der Waals surface area (Å²) in [7, 11) is 0. The van der Waals surface area contributed by atoms with Crippen molar-refractivity contribution in [2.24, 2.45) is 0 Å². The number of pyridine rings is 1. The lowest BCUT2D eigenvalue weighted by Gasteiger charge is -2.14. The first kappa shape index (κ1) is 16.6. The van der Waals surface area contributed by atoms with Crippen LogP contribution in [0.25, 0.3) is 0 Å². The molecule has 126 valence electrons. The third-order valence-corrected chi connectivity index (χ3v) is 3.74. The fourth-order valence-electron chi connectivity index (χ4n) is 2.35. The second-order valence-electron chi connectivity index (χ2n) is 5.62. The van der Waals surface area contributed by atoms with Crippen LogP contribution < -0.4 is 10.6 Å². The lowest BCUT2D eigenvalue weighted by Crippen LogP contribution is -2.24. The van der Waals surface area contributed by atoms with Crippen LogP contribution in [-0.4, -0.2) is 21.1 Å². The molecule has 25 heavy (non-hydrogen) atoms. The smallest absolute Gasteiger partial charge is 0.272 e. The summed E-state index contributed by atoms with van der Waals surface area (Å²) in [6.07, 6.45) is 3.41. The van der Waals surface area contributed by atoms with Gasteiger partial charge in [0.15, 0.2) is 5.69 Å². The Morgan fingerprint density at radius 3 is 2.56 bits per heavy atom. The maximum atomic E-state index is 12.1. The molecule has 0 fully saturated rings. The molecule has 0 aliphatic rings. The summed E-state index contributed by atoms with van der Waals surface area (Å²) in [5, 5.41) is 14.2. The highest BCUT2D eigenvalue weighted by atomic mass is 16.1. The van der Waals surface area contributed by atoms with Crippen molar-refractivity contribution in [1.82, 2.24) is 20.5 Å². The SMILES string of the molecule is CC(Nc1ccc(C(=O)NCc2cccnc2)nn1)c1ccccc1. The molecule has 0 radical (unpaired) electrons. The lowest BCUT2D eigenvalue weighted by molar-refractivity contribution is 0.0945. The molecule has 1 aromatic carbocycles. The first-order valence-corrected chi connectivity index (χ1v) is 8.04. The second-order valence-corrected chi connectivity index (χ2v) is 5.62. The van der Waals surface area contributed by atoms with Gasteiger partial charge in [-0.25, -0.2) is 0 Å². The minimum atomic E-state index is -0.265. The van der Waals surface area contributed by atoms with Crippen LogP contribution in [-0.2, 0) is 6.54 Å². The number of hydrogen-bond donors (Lipinski definition) is 2. The molecule has 0 saturated heterocycles. The molecule has 0 aliphatic heterocycles. The number of carbonyl (C=O) groups excluding carboxylic acids is 1. The normalized spacial score (nSPS) is 11.6. The molecule has 2 N–H and O–H groups in total. The third-order valence-electron chi connectivity index (χ3n) is 3.74. The van der Waals surface area contributed by atoms with Crippen LogP contribution in [0.15, 0.2) is 67.0 Å². The Labute approximate surface area is 146 Å². The Balaban J connectivity index is 1.57. The van der Waals surface area contributed by atoms with E-state index in [1.54, 1.807) is 24.5 Å². The maximum Gasteiger partial charge on any atom is 0.272 e. The number of rotatable bonds is 6. The highest BCUT2D eigenvalue weighted by Crippen LogP contribution is 2.16. The molecule has 0 aliphatic carbocycles. The second kappa shape index (κ2) is 8.01. The average Bonchev–Trinajstić information content (AvgIpc) is 2.68. The number of aromatic nitrogens is 3. The van der Waals surface area contributed by atoms with Crippen molar-refractivity contribution in [3.63, 3.8) is 0 Å². The van der Waals surface area contributed by atoms with Gasteiger partial charge >= 0.3 is 0 Å². The third kappa shape index (κ3) is 4.60. The van der Waals surface area contributed by atoms with Crippen LogP contribution in [0.5, 0.6) is 0 Å². The molecule has 2 heterocycles. The molecule has 0 spiro atoms. The van der Waals surface area contributed by atoms with Gasteiger partial charge in [0.25, 0.3) is 5.91 Å². The molecule has 3 aromatic rings. The van der Waals surface area contributed by atoms with E-state index in [0.717, 1.165) is 11.1 Å². The van der Waals surface area contributed by atoms with Gasteiger partial charge in [0, 0.05) is 25.0 Å². The molecule has 3 rings (SSSR count). The van der Waals surface area contributed by atoms with Crippen LogP contribution in [0.2, 0.25) is 0 Å². The van der Waals surface area contributed by atoms with Gasteiger partial charge in [-0.15, -0.1) is 10.2 Å². The summed E-state index contributed by atoms with van der Waals surface area (Å²) in [4.78, 5) is 16.1. The predicted molar refractivity (Wildman–Crippen MR) is 95.9 cm³/mol. The van der Waals surface area contributed by atoms with Crippen molar-refractivity contribution in [3.05, 3.63) is 83.8 Å². The molecule has 2 aromatic heterocycles. The Kier molecular flexibility index (Phi) is 5.31. The minimum absolute atomic E-state index is 0.0979. The van der Waals surface area contributed by atoms with E-state index in [9.17, 15) is 4.79 Å². The molecule has 0 saturated carbocycles. The van der Waals surface area contributed by atoms with E-state index in [-0.39, 0.29) is 17.6 Å². The molecule has 1 amide bonds. The Morgan fingerprint density at radius 2 is 1.88 bits per heavy atom. The highest BCUT2D eigenvalue weighted by Gasteiger charge is 2.10. The van der Waals surface area contributed by atoms with Crippen molar-refractivity contribution in [1.29, 1.82) is 0 Å². The van der Waals surface area contributed by atoms with Crippen LogP contribution >= 0.6 is 0 Å². The Morgan fingerprint density at radius 1 is 1.04 bits per heavy atom. The standard InChI is InChI=1S/C19H19N5O/c1-14(16-7-3-2-4-8-16)22-18-10-9-17(23-24-18)19(25)21-13-15-6-5-11-20-12-15/h2-12,14H,13H2,1H3,(H,21,25)(H,22,24). The number of carbonyl (C=O) groups is 1.